The lowest BCUT2D eigenvalue weighted by Gasteiger charge is -2.32. The summed E-state index contributed by atoms with van der Waals surface area (Å²) in [4.78, 5) is 40.4. The largest absolute Gasteiger partial charge is 0.444 e. The molecular formula is C26H43N3O4. The quantitative estimate of drug-likeness (QED) is 0.434. The molecule has 2 atom stereocenters. The van der Waals surface area contributed by atoms with Gasteiger partial charge >= 0.3 is 6.09 Å². The normalized spacial score (nSPS) is 13.1. The highest BCUT2D eigenvalue weighted by Crippen LogP contribution is 2.23. The minimum absolute atomic E-state index is 0.00271. The Morgan fingerprint density at radius 3 is 2.21 bits per heavy atom. The minimum Gasteiger partial charge on any atom is -0.444 e. The van der Waals surface area contributed by atoms with E-state index in [1.807, 2.05) is 38.1 Å². The minimum atomic E-state index is -0.769. The predicted octanol–water partition coefficient (Wildman–Crippen LogP) is 4.88. The summed E-state index contributed by atoms with van der Waals surface area (Å²) in [6, 6.07) is 6.91. The van der Waals surface area contributed by atoms with Crippen LogP contribution in [-0.4, -0.2) is 47.5 Å². The van der Waals surface area contributed by atoms with Crippen LogP contribution in [0.2, 0.25) is 0 Å². The molecule has 2 unspecified atom stereocenters. The zero-order chi connectivity index (χ0) is 25.0. The molecule has 7 nitrogen and oxygen atoms in total. The molecule has 0 saturated carbocycles. The fraction of sp³-hybridized carbons (Fsp3) is 0.654. The van der Waals surface area contributed by atoms with Crippen LogP contribution in [0.3, 0.4) is 0 Å². The van der Waals surface area contributed by atoms with Gasteiger partial charge in [-0.1, -0.05) is 62.9 Å². The summed E-state index contributed by atoms with van der Waals surface area (Å²) in [6.07, 6.45) is 3.86. The third-order valence-electron chi connectivity index (χ3n) is 5.17. The van der Waals surface area contributed by atoms with E-state index in [2.05, 4.69) is 24.5 Å². The van der Waals surface area contributed by atoms with E-state index in [0.717, 1.165) is 43.2 Å². The highest BCUT2D eigenvalue weighted by atomic mass is 16.6. The molecule has 2 N–H and O–H groups in total. The fourth-order valence-corrected chi connectivity index (χ4v) is 3.54. The zero-order valence-electron chi connectivity index (χ0n) is 21.5. The van der Waals surface area contributed by atoms with Crippen LogP contribution < -0.4 is 10.6 Å². The standard InChI is InChI=1S/C26H43N3O4/c1-8-10-11-17-29(22(30)18-27-25(32)33-26(5,6)7)23(21-15-13-19(3)14-16-21)24(31)28-20(4)12-9-2/h13-16,20,23H,8-12,17-18H2,1-7H3,(H,27,32)(H,28,31). The Morgan fingerprint density at radius 1 is 1.03 bits per heavy atom. The van der Waals surface area contributed by atoms with E-state index in [1.54, 1.807) is 25.7 Å². The molecule has 0 radical (unpaired) electrons. The molecular weight excluding hydrogens is 418 g/mol. The molecule has 0 aliphatic carbocycles. The predicted molar refractivity (Wildman–Crippen MR) is 132 cm³/mol. The van der Waals surface area contributed by atoms with E-state index < -0.39 is 17.7 Å². The number of carbonyl (C=O) groups excluding carboxylic acids is 3. The first-order chi connectivity index (χ1) is 15.5. The van der Waals surface area contributed by atoms with E-state index in [0.29, 0.717) is 6.54 Å². The number of rotatable bonds is 12. The highest BCUT2D eigenvalue weighted by molar-refractivity contribution is 5.90. The number of unbranched alkanes of at least 4 members (excludes halogenated alkanes) is 2. The maximum absolute atomic E-state index is 13.4. The summed E-state index contributed by atoms with van der Waals surface area (Å²) in [6.45, 7) is 13.6. The molecule has 186 valence electrons. The molecule has 0 bridgehead atoms. The summed E-state index contributed by atoms with van der Waals surface area (Å²) in [5.41, 5.74) is 1.17. The molecule has 1 aromatic carbocycles. The number of nitrogens with one attached hydrogen (secondary N) is 2. The second kappa shape index (κ2) is 13.9. The maximum atomic E-state index is 13.4. The van der Waals surface area contributed by atoms with Gasteiger partial charge in [0.2, 0.25) is 11.8 Å². The Balaban J connectivity index is 3.17. The van der Waals surface area contributed by atoms with Gasteiger partial charge in [-0.15, -0.1) is 0 Å². The van der Waals surface area contributed by atoms with Crippen molar-refractivity contribution in [1.82, 2.24) is 15.5 Å². The zero-order valence-corrected chi connectivity index (χ0v) is 21.5. The van der Waals surface area contributed by atoms with E-state index in [-0.39, 0.29) is 24.4 Å². The summed E-state index contributed by atoms with van der Waals surface area (Å²) < 4.78 is 5.25. The van der Waals surface area contributed by atoms with Crippen molar-refractivity contribution >= 4 is 17.9 Å². The first kappa shape index (κ1) is 28.5. The molecule has 0 saturated heterocycles. The van der Waals surface area contributed by atoms with Gasteiger partial charge in [0.15, 0.2) is 0 Å². The van der Waals surface area contributed by atoms with Gasteiger partial charge < -0.3 is 20.3 Å². The lowest BCUT2D eigenvalue weighted by atomic mass is 10.0. The molecule has 1 aromatic rings. The third-order valence-corrected chi connectivity index (χ3v) is 5.17. The van der Waals surface area contributed by atoms with Gasteiger partial charge in [-0.25, -0.2) is 4.79 Å². The summed E-state index contributed by atoms with van der Waals surface area (Å²) in [5.74, 6) is -0.525. The highest BCUT2D eigenvalue weighted by Gasteiger charge is 2.32. The summed E-state index contributed by atoms with van der Waals surface area (Å²) in [7, 11) is 0. The van der Waals surface area contributed by atoms with Gasteiger partial charge in [-0.3, -0.25) is 9.59 Å². The maximum Gasteiger partial charge on any atom is 0.408 e. The third kappa shape index (κ3) is 10.7. The Morgan fingerprint density at radius 2 is 1.67 bits per heavy atom. The molecule has 7 heteroatoms. The second-order valence-electron chi connectivity index (χ2n) is 9.66. The number of carbonyl (C=O) groups is 3. The monoisotopic (exact) mass is 461 g/mol. The van der Waals surface area contributed by atoms with Gasteiger partial charge in [-0.2, -0.15) is 0 Å². The van der Waals surface area contributed by atoms with Crippen molar-refractivity contribution in [3.63, 3.8) is 0 Å². The Bertz CT molecular complexity index is 756. The number of benzene rings is 1. The van der Waals surface area contributed by atoms with Gasteiger partial charge in [0.1, 0.15) is 18.2 Å². The molecule has 0 aliphatic rings. The first-order valence-electron chi connectivity index (χ1n) is 12.1. The van der Waals surface area contributed by atoms with Crippen molar-refractivity contribution in [2.75, 3.05) is 13.1 Å². The van der Waals surface area contributed by atoms with Crippen LogP contribution in [0.5, 0.6) is 0 Å². The Hall–Kier alpha value is -2.57. The SMILES string of the molecule is CCCCCN(C(=O)CNC(=O)OC(C)(C)C)C(C(=O)NC(C)CCC)c1ccc(C)cc1. The number of nitrogens with zero attached hydrogens (tertiary/aromatic N) is 1. The smallest absolute Gasteiger partial charge is 0.408 e. The van der Waals surface area contributed by atoms with Crippen LogP contribution in [0.1, 0.15) is 90.8 Å². The molecule has 0 spiro atoms. The van der Waals surface area contributed by atoms with Crippen LogP contribution in [0.15, 0.2) is 24.3 Å². The van der Waals surface area contributed by atoms with Crippen molar-refractivity contribution in [2.45, 2.75) is 98.3 Å². The van der Waals surface area contributed by atoms with Gasteiger partial charge in [-0.05, 0) is 53.0 Å². The molecule has 0 fully saturated rings. The van der Waals surface area contributed by atoms with E-state index in [1.165, 1.54) is 0 Å². The number of aryl methyl sites for hydroxylation is 1. The molecule has 0 aromatic heterocycles. The van der Waals surface area contributed by atoms with Crippen molar-refractivity contribution in [3.05, 3.63) is 35.4 Å². The number of hydrogen-bond donors (Lipinski definition) is 2. The topological polar surface area (TPSA) is 87.7 Å². The number of amides is 3. The number of ether oxygens (including phenoxy) is 1. The Labute approximate surface area is 199 Å². The molecule has 0 heterocycles. The average Bonchev–Trinajstić information content (AvgIpc) is 2.71. The molecule has 1 rings (SSSR count). The van der Waals surface area contributed by atoms with Crippen LogP contribution in [0.4, 0.5) is 4.79 Å². The average molecular weight is 462 g/mol. The molecule has 0 aliphatic heterocycles. The van der Waals surface area contributed by atoms with Crippen LogP contribution in [0.25, 0.3) is 0 Å². The lowest BCUT2D eigenvalue weighted by molar-refractivity contribution is -0.140. The van der Waals surface area contributed by atoms with Gasteiger partial charge in [0.05, 0.1) is 0 Å². The summed E-state index contributed by atoms with van der Waals surface area (Å²) in [5, 5.41) is 5.61. The lowest BCUT2D eigenvalue weighted by Crippen LogP contribution is -2.49. The first-order valence-corrected chi connectivity index (χ1v) is 12.1. The number of hydrogen-bond acceptors (Lipinski definition) is 4. The van der Waals surface area contributed by atoms with E-state index in [9.17, 15) is 14.4 Å². The fourth-order valence-electron chi connectivity index (χ4n) is 3.54. The van der Waals surface area contributed by atoms with Crippen LogP contribution in [0, 0.1) is 6.92 Å². The van der Waals surface area contributed by atoms with Crippen LogP contribution >= 0.6 is 0 Å². The summed E-state index contributed by atoms with van der Waals surface area (Å²) >= 11 is 0. The number of alkyl carbamates (subject to hydrolysis) is 1. The van der Waals surface area contributed by atoms with Gasteiger partial charge in [0, 0.05) is 12.6 Å². The van der Waals surface area contributed by atoms with Crippen molar-refractivity contribution < 1.29 is 19.1 Å². The van der Waals surface area contributed by atoms with Crippen molar-refractivity contribution in [3.8, 4) is 0 Å². The molecule has 33 heavy (non-hydrogen) atoms. The molecule has 3 amide bonds. The van der Waals surface area contributed by atoms with Crippen LogP contribution in [-0.2, 0) is 14.3 Å². The van der Waals surface area contributed by atoms with E-state index >= 15 is 0 Å². The van der Waals surface area contributed by atoms with Crippen molar-refractivity contribution in [1.29, 1.82) is 0 Å². The Kier molecular flexibility index (Phi) is 12.0. The van der Waals surface area contributed by atoms with Gasteiger partial charge in [0.25, 0.3) is 0 Å². The second-order valence-corrected chi connectivity index (χ2v) is 9.66. The van der Waals surface area contributed by atoms with E-state index in [4.69, 9.17) is 4.74 Å². The van der Waals surface area contributed by atoms with Crippen molar-refractivity contribution in [2.24, 2.45) is 0 Å².